The first-order chi connectivity index (χ1) is 13.1. The standard InChI is InChI=1S/C19H25N5O3/c1-14-20-19(22-21-14)16-7-9-23(17(26)8-12-25)10-11-24(16)18(27)13-15-5-3-2-4-6-15/h2-6,16,25H,7-13H2,1H3,(H,20,21,22). The van der Waals surface area contributed by atoms with Crippen molar-refractivity contribution in [2.75, 3.05) is 26.2 Å². The van der Waals surface area contributed by atoms with Gasteiger partial charge in [0.15, 0.2) is 5.82 Å². The minimum absolute atomic E-state index is 0.00916. The highest BCUT2D eigenvalue weighted by atomic mass is 16.3. The molecule has 1 aromatic heterocycles. The summed E-state index contributed by atoms with van der Waals surface area (Å²) in [6.07, 6.45) is 0.961. The highest BCUT2D eigenvalue weighted by Crippen LogP contribution is 2.25. The number of aliphatic hydroxyl groups is 1. The van der Waals surface area contributed by atoms with E-state index in [1.54, 1.807) is 9.80 Å². The smallest absolute Gasteiger partial charge is 0.227 e. The Morgan fingerprint density at radius 1 is 1.19 bits per heavy atom. The van der Waals surface area contributed by atoms with Gasteiger partial charge in [-0.2, -0.15) is 5.10 Å². The Labute approximate surface area is 158 Å². The number of aliphatic hydroxyl groups excluding tert-OH is 1. The Balaban J connectivity index is 1.80. The molecule has 1 atom stereocenters. The fourth-order valence-electron chi connectivity index (χ4n) is 3.38. The molecule has 1 aliphatic rings. The Bertz CT molecular complexity index is 777. The van der Waals surface area contributed by atoms with Gasteiger partial charge >= 0.3 is 0 Å². The fourth-order valence-corrected chi connectivity index (χ4v) is 3.38. The van der Waals surface area contributed by atoms with E-state index in [2.05, 4.69) is 15.2 Å². The van der Waals surface area contributed by atoms with E-state index in [0.717, 1.165) is 5.56 Å². The van der Waals surface area contributed by atoms with Crippen LogP contribution in [0.2, 0.25) is 0 Å². The summed E-state index contributed by atoms with van der Waals surface area (Å²) in [6.45, 7) is 3.02. The second kappa shape index (κ2) is 8.77. The number of aromatic nitrogens is 3. The summed E-state index contributed by atoms with van der Waals surface area (Å²) in [7, 11) is 0. The first-order valence-electron chi connectivity index (χ1n) is 9.19. The van der Waals surface area contributed by atoms with E-state index < -0.39 is 0 Å². The fraction of sp³-hybridized carbons (Fsp3) is 0.474. The Hall–Kier alpha value is -2.74. The van der Waals surface area contributed by atoms with E-state index in [1.165, 1.54) is 0 Å². The molecule has 2 amide bonds. The molecular formula is C19H25N5O3. The van der Waals surface area contributed by atoms with E-state index in [1.807, 2.05) is 37.3 Å². The van der Waals surface area contributed by atoms with E-state index in [9.17, 15) is 9.59 Å². The number of carbonyl (C=O) groups excluding carboxylic acids is 2. The molecule has 2 heterocycles. The van der Waals surface area contributed by atoms with Crippen molar-refractivity contribution in [3.05, 3.63) is 47.5 Å². The average Bonchev–Trinajstić information content (AvgIpc) is 2.96. The lowest BCUT2D eigenvalue weighted by Crippen LogP contribution is -2.39. The van der Waals surface area contributed by atoms with Crippen molar-refractivity contribution < 1.29 is 14.7 Å². The number of aryl methyl sites for hydroxylation is 1. The van der Waals surface area contributed by atoms with Crippen LogP contribution < -0.4 is 0 Å². The zero-order valence-electron chi connectivity index (χ0n) is 15.5. The second-order valence-corrected chi connectivity index (χ2v) is 6.69. The number of nitrogens with one attached hydrogen (secondary N) is 1. The van der Waals surface area contributed by atoms with Crippen molar-refractivity contribution in [2.24, 2.45) is 0 Å². The van der Waals surface area contributed by atoms with Crippen molar-refractivity contribution >= 4 is 11.8 Å². The first kappa shape index (κ1) is 19.0. The maximum Gasteiger partial charge on any atom is 0.227 e. The van der Waals surface area contributed by atoms with Crippen molar-refractivity contribution in [3.63, 3.8) is 0 Å². The Morgan fingerprint density at radius 3 is 2.63 bits per heavy atom. The second-order valence-electron chi connectivity index (χ2n) is 6.69. The molecule has 3 rings (SSSR count). The summed E-state index contributed by atoms with van der Waals surface area (Å²) in [5.41, 5.74) is 0.949. The molecule has 2 aromatic rings. The molecule has 0 spiro atoms. The van der Waals surface area contributed by atoms with Gasteiger partial charge in [0.25, 0.3) is 0 Å². The molecular weight excluding hydrogens is 346 g/mol. The van der Waals surface area contributed by atoms with Gasteiger partial charge < -0.3 is 14.9 Å². The molecule has 0 radical (unpaired) electrons. The SMILES string of the molecule is Cc1nc(C2CCN(C(=O)CCO)CCN2C(=O)Cc2ccccc2)n[nH]1. The summed E-state index contributed by atoms with van der Waals surface area (Å²) in [6, 6.07) is 9.33. The zero-order valence-corrected chi connectivity index (χ0v) is 15.5. The third kappa shape index (κ3) is 4.71. The van der Waals surface area contributed by atoms with Crippen LogP contribution in [0.1, 0.15) is 36.1 Å². The number of amides is 2. The van der Waals surface area contributed by atoms with Gasteiger partial charge in [-0.1, -0.05) is 30.3 Å². The largest absolute Gasteiger partial charge is 0.396 e. The number of carbonyl (C=O) groups is 2. The molecule has 1 fully saturated rings. The third-order valence-electron chi connectivity index (χ3n) is 4.77. The van der Waals surface area contributed by atoms with Crippen molar-refractivity contribution in [2.45, 2.75) is 32.2 Å². The van der Waals surface area contributed by atoms with Gasteiger partial charge in [-0.3, -0.25) is 14.7 Å². The van der Waals surface area contributed by atoms with Gasteiger partial charge in [0.2, 0.25) is 11.8 Å². The van der Waals surface area contributed by atoms with Gasteiger partial charge in [-0.05, 0) is 18.9 Å². The van der Waals surface area contributed by atoms with Crippen LogP contribution in [0.5, 0.6) is 0 Å². The molecule has 1 unspecified atom stereocenters. The number of benzene rings is 1. The molecule has 0 aliphatic carbocycles. The summed E-state index contributed by atoms with van der Waals surface area (Å²) < 4.78 is 0. The van der Waals surface area contributed by atoms with Gasteiger partial charge in [0.1, 0.15) is 5.82 Å². The topological polar surface area (TPSA) is 102 Å². The quantitative estimate of drug-likeness (QED) is 0.811. The molecule has 1 aromatic carbocycles. The Kier molecular flexibility index (Phi) is 6.18. The summed E-state index contributed by atoms with van der Waals surface area (Å²) >= 11 is 0. The number of aromatic amines is 1. The van der Waals surface area contributed by atoms with E-state index in [-0.39, 0.29) is 30.9 Å². The van der Waals surface area contributed by atoms with Crippen LogP contribution in [-0.2, 0) is 16.0 Å². The van der Waals surface area contributed by atoms with Crippen LogP contribution in [0, 0.1) is 6.92 Å². The van der Waals surface area contributed by atoms with Crippen molar-refractivity contribution in [3.8, 4) is 0 Å². The molecule has 1 saturated heterocycles. The van der Waals surface area contributed by atoms with E-state index in [4.69, 9.17) is 5.11 Å². The van der Waals surface area contributed by atoms with Crippen LogP contribution >= 0.6 is 0 Å². The number of hydrogen-bond acceptors (Lipinski definition) is 5. The van der Waals surface area contributed by atoms with Gasteiger partial charge in [-0.15, -0.1) is 0 Å². The van der Waals surface area contributed by atoms with E-state index >= 15 is 0 Å². The van der Waals surface area contributed by atoms with Gasteiger partial charge in [0, 0.05) is 26.1 Å². The summed E-state index contributed by atoms with van der Waals surface area (Å²) in [5.74, 6) is 1.16. The van der Waals surface area contributed by atoms with Crippen molar-refractivity contribution in [1.82, 2.24) is 25.0 Å². The lowest BCUT2D eigenvalue weighted by Gasteiger charge is -2.27. The van der Waals surface area contributed by atoms with Gasteiger partial charge in [0.05, 0.1) is 19.1 Å². The molecule has 144 valence electrons. The average molecular weight is 371 g/mol. The summed E-state index contributed by atoms with van der Waals surface area (Å²) in [4.78, 5) is 33.1. The molecule has 27 heavy (non-hydrogen) atoms. The minimum Gasteiger partial charge on any atom is -0.396 e. The number of rotatable bonds is 5. The third-order valence-corrected chi connectivity index (χ3v) is 4.77. The molecule has 0 saturated carbocycles. The maximum atomic E-state index is 13.0. The molecule has 1 aliphatic heterocycles. The number of hydrogen-bond donors (Lipinski definition) is 2. The normalized spacial score (nSPS) is 17.6. The number of nitrogens with zero attached hydrogens (tertiary/aromatic N) is 4. The van der Waals surface area contributed by atoms with Crippen LogP contribution in [-0.4, -0.2) is 68.1 Å². The minimum atomic E-state index is -0.280. The van der Waals surface area contributed by atoms with Crippen LogP contribution in [0.15, 0.2) is 30.3 Å². The van der Waals surface area contributed by atoms with Gasteiger partial charge in [-0.25, -0.2) is 4.98 Å². The predicted molar refractivity (Wildman–Crippen MR) is 98.6 cm³/mol. The van der Waals surface area contributed by atoms with Crippen LogP contribution in [0.4, 0.5) is 0 Å². The van der Waals surface area contributed by atoms with Crippen LogP contribution in [0.3, 0.4) is 0 Å². The maximum absolute atomic E-state index is 13.0. The highest BCUT2D eigenvalue weighted by Gasteiger charge is 2.32. The lowest BCUT2D eigenvalue weighted by molar-refractivity contribution is -0.134. The van der Waals surface area contributed by atoms with E-state index in [0.29, 0.717) is 44.1 Å². The lowest BCUT2D eigenvalue weighted by atomic mass is 10.1. The molecule has 2 N–H and O–H groups in total. The number of H-pyrrole nitrogens is 1. The molecule has 8 heteroatoms. The Morgan fingerprint density at radius 2 is 1.96 bits per heavy atom. The first-order valence-corrected chi connectivity index (χ1v) is 9.19. The highest BCUT2D eigenvalue weighted by molar-refractivity contribution is 5.80. The van der Waals surface area contributed by atoms with Crippen LogP contribution in [0.25, 0.3) is 0 Å². The van der Waals surface area contributed by atoms with Crippen molar-refractivity contribution in [1.29, 1.82) is 0 Å². The molecule has 8 nitrogen and oxygen atoms in total. The molecule has 0 bridgehead atoms. The zero-order chi connectivity index (χ0) is 19.2. The monoisotopic (exact) mass is 371 g/mol. The summed E-state index contributed by atoms with van der Waals surface area (Å²) in [5, 5.41) is 16.1. The predicted octanol–water partition coefficient (Wildman–Crippen LogP) is 0.840.